The topological polar surface area (TPSA) is 57.0 Å². The van der Waals surface area contributed by atoms with E-state index in [1.165, 1.54) is 0 Å². The number of nitrogens with zero attached hydrogens (tertiary/aromatic N) is 3. The number of ether oxygens (including phenoxy) is 1. The van der Waals surface area contributed by atoms with Crippen LogP contribution in [0, 0.1) is 0 Å². The standard InChI is InChI=1S/C12H12ClN3O2/c1-18-8-12-11(7-17)14-15-16(12)6-9-4-2-3-5-10(9)13/h2-5,7H,6,8H2,1H3. The van der Waals surface area contributed by atoms with Crippen LogP contribution in [0.1, 0.15) is 21.7 Å². The maximum Gasteiger partial charge on any atom is 0.172 e. The van der Waals surface area contributed by atoms with E-state index in [2.05, 4.69) is 10.3 Å². The number of methoxy groups -OCH3 is 1. The molecule has 1 aromatic heterocycles. The lowest BCUT2D eigenvalue weighted by atomic mass is 10.2. The summed E-state index contributed by atoms with van der Waals surface area (Å²) in [5.74, 6) is 0. The van der Waals surface area contributed by atoms with Gasteiger partial charge in [0, 0.05) is 12.1 Å². The van der Waals surface area contributed by atoms with Crippen LogP contribution in [-0.4, -0.2) is 28.4 Å². The van der Waals surface area contributed by atoms with Crippen molar-refractivity contribution in [3.63, 3.8) is 0 Å². The van der Waals surface area contributed by atoms with E-state index >= 15 is 0 Å². The van der Waals surface area contributed by atoms with Crippen molar-refractivity contribution in [3.8, 4) is 0 Å². The lowest BCUT2D eigenvalue weighted by Crippen LogP contribution is -2.08. The van der Waals surface area contributed by atoms with Gasteiger partial charge in [0.1, 0.15) is 0 Å². The summed E-state index contributed by atoms with van der Waals surface area (Å²) in [5, 5.41) is 8.40. The minimum Gasteiger partial charge on any atom is -0.378 e. The van der Waals surface area contributed by atoms with Crippen LogP contribution in [0.15, 0.2) is 24.3 Å². The van der Waals surface area contributed by atoms with Crippen LogP contribution in [0.3, 0.4) is 0 Å². The summed E-state index contributed by atoms with van der Waals surface area (Å²) in [6.07, 6.45) is 0.671. The summed E-state index contributed by atoms with van der Waals surface area (Å²) in [5.41, 5.74) is 1.86. The van der Waals surface area contributed by atoms with Gasteiger partial charge in [0.15, 0.2) is 12.0 Å². The third-order valence-corrected chi connectivity index (χ3v) is 2.91. The highest BCUT2D eigenvalue weighted by molar-refractivity contribution is 6.31. The monoisotopic (exact) mass is 265 g/mol. The molecule has 0 saturated heterocycles. The van der Waals surface area contributed by atoms with Gasteiger partial charge < -0.3 is 4.74 Å². The normalized spacial score (nSPS) is 10.6. The maximum atomic E-state index is 10.8. The Morgan fingerprint density at radius 2 is 2.22 bits per heavy atom. The Hall–Kier alpha value is -1.72. The highest BCUT2D eigenvalue weighted by Gasteiger charge is 2.13. The molecule has 0 aliphatic heterocycles. The molecular formula is C12H12ClN3O2. The second-order valence-corrected chi connectivity index (χ2v) is 4.13. The Labute approximate surface area is 109 Å². The predicted molar refractivity (Wildman–Crippen MR) is 66.7 cm³/mol. The molecule has 0 fully saturated rings. The van der Waals surface area contributed by atoms with Gasteiger partial charge in [-0.2, -0.15) is 0 Å². The Kier molecular flexibility index (Phi) is 4.07. The fourth-order valence-electron chi connectivity index (χ4n) is 1.64. The fourth-order valence-corrected chi connectivity index (χ4v) is 1.83. The van der Waals surface area contributed by atoms with Crippen LogP contribution in [0.4, 0.5) is 0 Å². The van der Waals surface area contributed by atoms with Gasteiger partial charge in [-0.05, 0) is 11.6 Å². The third kappa shape index (κ3) is 2.57. The average Bonchev–Trinajstić information content (AvgIpc) is 2.75. The fraction of sp³-hybridized carbons (Fsp3) is 0.250. The Morgan fingerprint density at radius 1 is 1.44 bits per heavy atom. The number of aldehydes is 1. The van der Waals surface area contributed by atoms with E-state index in [1.807, 2.05) is 24.3 Å². The van der Waals surface area contributed by atoms with E-state index in [1.54, 1.807) is 11.8 Å². The lowest BCUT2D eigenvalue weighted by molar-refractivity contribution is 0.111. The van der Waals surface area contributed by atoms with Gasteiger partial charge in [-0.1, -0.05) is 35.0 Å². The van der Waals surface area contributed by atoms with E-state index in [0.29, 0.717) is 29.2 Å². The molecule has 1 heterocycles. The van der Waals surface area contributed by atoms with Crippen molar-refractivity contribution in [2.75, 3.05) is 7.11 Å². The SMILES string of the molecule is COCc1c(C=O)nnn1Cc1ccccc1Cl. The van der Waals surface area contributed by atoms with Gasteiger partial charge in [0.25, 0.3) is 0 Å². The highest BCUT2D eigenvalue weighted by Crippen LogP contribution is 2.17. The van der Waals surface area contributed by atoms with Crippen LogP contribution in [0.5, 0.6) is 0 Å². The predicted octanol–water partition coefficient (Wildman–Crippen LogP) is 1.94. The number of hydrogen-bond donors (Lipinski definition) is 0. The Balaban J connectivity index is 2.31. The van der Waals surface area contributed by atoms with Crippen molar-refractivity contribution in [1.82, 2.24) is 15.0 Å². The number of carbonyl (C=O) groups excluding carboxylic acids is 1. The van der Waals surface area contributed by atoms with Crippen molar-refractivity contribution in [1.29, 1.82) is 0 Å². The summed E-state index contributed by atoms with van der Waals surface area (Å²) in [4.78, 5) is 10.8. The molecular weight excluding hydrogens is 254 g/mol. The zero-order valence-corrected chi connectivity index (χ0v) is 10.6. The smallest absolute Gasteiger partial charge is 0.172 e. The number of hydrogen-bond acceptors (Lipinski definition) is 4. The first-order valence-electron chi connectivity index (χ1n) is 5.36. The summed E-state index contributed by atoms with van der Waals surface area (Å²) in [6, 6.07) is 7.47. The molecule has 0 radical (unpaired) electrons. The van der Waals surface area contributed by atoms with Gasteiger partial charge in [-0.3, -0.25) is 4.79 Å². The average molecular weight is 266 g/mol. The summed E-state index contributed by atoms with van der Waals surface area (Å²) >= 11 is 6.08. The molecule has 2 rings (SSSR count). The Bertz CT molecular complexity index is 554. The van der Waals surface area contributed by atoms with Crippen LogP contribution in [0.2, 0.25) is 5.02 Å². The van der Waals surface area contributed by atoms with E-state index in [-0.39, 0.29) is 6.61 Å². The largest absolute Gasteiger partial charge is 0.378 e. The molecule has 0 atom stereocenters. The van der Waals surface area contributed by atoms with Crippen LogP contribution >= 0.6 is 11.6 Å². The third-order valence-electron chi connectivity index (χ3n) is 2.54. The van der Waals surface area contributed by atoms with Gasteiger partial charge in [0.05, 0.1) is 18.8 Å². The second kappa shape index (κ2) is 5.75. The van der Waals surface area contributed by atoms with E-state index in [9.17, 15) is 4.79 Å². The number of aromatic nitrogens is 3. The number of halogens is 1. The molecule has 0 aliphatic rings. The summed E-state index contributed by atoms with van der Waals surface area (Å²) < 4.78 is 6.66. The lowest BCUT2D eigenvalue weighted by Gasteiger charge is -2.07. The molecule has 5 nitrogen and oxygen atoms in total. The van der Waals surface area contributed by atoms with Gasteiger partial charge >= 0.3 is 0 Å². The molecule has 0 spiro atoms. The molecule has 0 amide bonds. The zero-order valence-electron chi connectivity index (χ0n) is 9.84. The summed E-state index contributed by atoms with van der Waals surface area (Å²) in [7, 11) is 1.56. The molecule has 94 valence electrons. The number of benzene rings is 1. The molecule has 1 aromatic carbocycles. The number of rotatable bonds is 5. The van der Waals surface area contributed by atoms with Gasteiger partial charge in [-0.15, -0.1) is 5.10 Å². The highest BCUT2D eigenvalue weighted by atomic mass is 35.5. The molecule has 0 aliphatic carbocycles. The minimum atomic E-state index is 0.283. The van der Waals surface area contributed by atoms with Crippen LogP contribution in [0.25, 0.3) is 0 Å². The Morgan fingerprint density at radius 3 is 2.89 bits per heavy atom. The van der Waals surface area contributed by atoms with Crippen molar-refractivity contribution in [2.45, 2.75) is 13.2 Å². The molecule has 2 aromatic rings. The van der Waals surface area contributed by atoms with Crippen LogP contribution in [-0.2, 0) is 17.9 Å². The first-order valence-corrected chi connectivity index (χ1v) is 5.74. The zero-order chi connectivity index (χ0) is 13.0. The minimum absolute atomic E-state index is 0.283. The first kappa shape index (κ1) is 12.7. The van der Waals surface area contributed by atoms with Crippen molar-refractivity contribution < 1.29 is 9.53 Å². The second-order valence-electron chi connectivity index (χ2n) is 3.72. The maximum absolute atomic E-state index is 10.8. The van der Waals surface area contributed by atoms with Gasteiger partial charge in [-0.25, -0.2) is 4.68 Å². The van der Waals surface area contributed by atoms with Crippen molar-refractivity contribution in [3.05, 3.63) is 46.2 Å². The molecule has 0 bridgehead atoms. The molecule has 0 saturated carbocycles. The van der Waals surface area contributed by atoms with Crippen molar-refractivity contribution in [2.24, 2.45) is 0 Å². The van der Waals surface area contributed by atoms with Crippen LogP contribution < -0.4 is 0 Å². The molecule has 0 N–H and O–H groups in total. The van der Waals surface area contributed by atoms with Crippen molar-refractivity contribution >= 4 is 17.9 Å². The van der Waals surface area contributed by atoms with E-state index in [4.69, 9.17) is 16.3 Å². The van der Waals surface area contributed by atoms with E-state index < -0.39 is 0 Å². The molecule has 6 heteroatoms. The quantitative estimate of drug-likeness (QED) is 0.775. The number of carbonyl (C=O) groups is 1. The van der Waals surface area contributed by atoms with Gasteiger partial charge in [0.2, 0.25) is 0 Å². The molecule has 0 unspecified atom stereocenters. The summed E-state index contributed by atoms with van der Waals surface area (Å²) in [6.45, 7) is 0.741. The molecule has 18 heavy (non-hydrogen) atoms. The first-order chi connectivity index (χ1) is 8.76. The van der Waals surface area contributed by atoms with E-state index in [0.717, 1.165) is 5.56 Å².